The quantitative estimate of drug-likeness (QED) is 0.915. The number of hydrogen-bond acceptors (Lipinski definition) is 6. The number of nitrogens with zero attached hydrogens (tertiary/aromatic N) is 4. The highest BCUT2D eigenvalue weighted by Gasteiger charge is 2.22. The Kier molecular flexibility index (Phi) is 3.81. The lowest BCUT2D eigenvalue weighted by atomic mass is 10.2. The van der Waals surface area contributed by atoms with Crippen molar-refractivity contribution >= 4 is 32.7 Å². The molecule has 1 aliphatic rings. The van der Waals surface area contributed by atoms with Crippen molar-refractivity contribution in [2.75, 3.05) is 31.6 Å². The van der Waals surface area contributed by atoms with Gasteiger partial charge in [0, 0.05) is 33.6 Å². The molecule has 21 heavy (non-hydrogen) atoms. The molecule has 0 bridgehead atoms. The smallest absolute Gasteiger partial charge is 0.219 e. The zero-order valence-corrected chi connectivity index (χ0v) is 13.2. The number of aromatic nitrogens is 3. The highest BCUT2D eigenvalue weighted by molar-refractivity contribution is 7.22. The maximum Gasteiger partial charge on any atom is 0.219 e. The van der Waals surface area contributed by atoms with E-state index in [9.17, 15) is 4.79 Å². The van der Waals surface area contributed by atoms with Gasteiger partial charge in [-0.2, -0.15) is 5.10 Å². The summed E-state index contributed by atoms with van der Waals surface area (Å²) in [7, 11) is 1.90. The highest BCUT2D eigenvalue weighted by atomic mass is 32.1. The molecule has 1 amide bonds. The molecule has 0 aliphatic carbocycles. The molecule has 1 aliphatic heterocycles. The number of anilines is 1. The van der Waals surface area contributed by atoms with E-state index in [1.165, 1.54) is 0 Å². The van der Waals surface area contributed by atoms with Gasteiger partial charge in [-0.05, 0) is 6.92 Å². The van der Waals surface area contributed by atoms with E-state index in [-0.39, 0.29) is 12.0 Å². The Morgan fingerprint density at radius 1 is 1.57 bits per heavy atom. The molecular formula is C13H19N5O2S. The third-order valence-corrected chi connectivity index (χ3v) is 4.72. The normalized spacial score (nSPS) is 19.2. The summed E-state index contributed by atoms with van der Waals surface area (Å²) in [6.07, 6.45) is 0.00823. The summed E-state index contributed by atoms with van der Waals surface area (Å²) >= 11 is 1.60. The molecule has 1 fully saturated rings. The third kappa shape index (κ3) is 2.86. The van der Waals surface area contributed by atoms with Crippen LogP contribution in [-0.4, -0.2) is 57.9 Å². The first-order valence-corrected chi connectivity index (χ1v) is 7.77. The number of hydrogen-bond donors (Lipinski definition) is 1. The van der Waals surface area contributed by atoms with Crippen molar-refractivity contribution in [1.29, 1.82) is 0 Å². The molecular weight excluding hydrogens is 290 g/mol. The van der Waals surface area contributed by atoms with Crippen molar-refractivity contribution in [1.82, 2.24) is 19.7 Å². The fourth-order valence-electron chi connectivity index (χ4n) is 2.49. The van der Waals surface area contributed by atoms with Crippen molar-refractivity contribution in [2.24, 2.45) is 7.05 Å². The highest BCUT2D eigenvalue weighted by Crippen LogP contribution is 2.28. The molecule has 0 saturated carbocycles. The minimum absolute atomic E-state index is 0.00823. The first kappa shape index (κ1) is 14.3. The molecule has 2 aromatic rings. The number of amides is 1. The standard InChI is InChI=1S/C13H19N5O2S/c1-8-11-12(17(3)16-8)15-13(21-11)14-6-10-7-18(9(2)19)4-5-20-10/h10H,4-7H2,1-3H3,(H,14,15). The van der Waals surface area contributed by atoms with Crippen molar-refractivity contribution in [2.45, 2.75) is 20.0 Å². The second kappa shape index (κ2) is 5.61. The van der Waals surface area contributed by atoms with Crippen molar-refractivity contribution < 1.29 is 9.53 Å². The average molecular weight is 309 g/mol. The Morgan fingerprint density at radius 2 is 2.38 bits per heavy atom. The van der Waals surface area contributed by atoms with Crippen LogP contribution in [0.25, 0.3) is 10.3 Å². The summed E-state index contributed by atoms with van der Waals surface area (Å²) in [6.45, 7) is 6.13. The van der Waals surface area contributed by atoms with Crippen LogP contribution in [0.15, 0.2) is 0 Å². The van der Waals surface area contributed by atoms with Gasteiger partial charge in [0.1, 0.15) is 0 Å². The lowest BCUT2D eigenvalue weighted by Gasteiger charge is -2.32. The molecule has 7 nitrogen and oxygen atoms in total. The predicted molar refractivity (Wildman–Crippen MR) is 81.6 cm³/mol. The van der Waals surface area contributed by atoms with Crippen LogP contribution in [0.3, 0.4) is 0 Å². The molecule has 1 N–H and O–H groups in total. The van der Waals surface area contributed by atoms with Gasteiger partial charge in [-0.15, -0.1) is 0 Å². The summed E-state index contributed by atoms with van der Waals surface area (Å²) in [5, 5.41) is 8.51. The van der Waals surface area contributed by atoms with Gasteiger partial charge in [0.15, 0.2) is 10.8 Å². The van der Waals surface area contributed by atoms with E-state index in [1.807, 2.05) is 18.9 Å². The third-order valence-electron chi connectivity index (χ3n) is 3.61. The molecule has 3 rings (SSSR count). The maximum atomic E-state index is 11.4. The van der Waals surface area contributed by atoms with Crippen molar-refractivity contribution in [3.63, 3.8) is 0 Å². The van der Waals surface area contributed by atoms with E-state index in [4.69, 9.17) is 4.74 Å². The van der Waals surface area contributed by atoms with Crippen LogP contribution in [0, 0.1) is 6.92 Å². The zero-order valence-electron chi connectivity index (χ0n) is 12.4. The summed E-state index contributed by atoms with van der Waals surface area (Å²) < 4.78 is 8.59. The van der Waals surface area contributed by atoms with Crippen molar-refractivity contribution in [3.8, 4) is 0 Å². The number of fused-ring (bicyclic) bond motifs is 1. The fraction of sp³-hybridized carbons (Fsp3) is 0.615. The van der Waals surface area contributed by atoms with Gasteiger partial charge < -0.3 is 15.0 Å². The lowest BCUT2D eigenvalue weighted by Crippen LogP contribution is -2.47. The number of nitrogens with one attached hydrogen (secondary N) is 1. The topological polar surface area (TPSA) is 72.3 Å². The second-order valence-electron chi connectivity index (χ2n) is 5.22. The van der Waals surface area contributed by atoms with Gasteiger partial charge in [-0.1, -0.05) is 11.3 Å². The SMILES string of the molecule is CC(=O)N1CCOC(CNc2nc3c(s2)c(C)nn3C)C1. The van der Waals surface area contributed by atoms with Crippen LogP contribution in [0.2, 0.25) is 0 Å². The minimum Gasteiger partial charge on any atom is -0.373 e. The predicted octanol–water partition coefficient (Wildman–Crippen LogP) is 0.997. The summed E-state index contributed by atoms with van der Waals surface area (Å²) in [5.74, 6) is 0.102. The molecule has 1 unspecified atom stereocenters. The van der Waals surface area contributed by atoms with Crippen LogP contribution in [0.5, 0.6) is 0 Å². The Balaban J connectivity index is 1.63. The van der Waals surface area contributed by atoms with Crippen LogP contribution in [-0.2, 0) is 16.6 Å². The van der Waals surface area contributed by atoms with E-state index in [2.05, 4.69) is 15.4 Å². The van der Waals surface area contributed by atoms with Gasteiger partial charge in [0.25, 0.3) is 0 Å². The zero-order chi connectivity index (χ0) is 15.0. The maximum absolute atomic E-state index is 11.4. The van der Waals surface area contributed by atoms with Crippen LogP contribution in [0.1, 0.15) is 12.6 Å². The van der Waals surface area contributed by atoms with Crippen LogP contribution >= 0.6 is 11.3 Å². The molecule has 114 valence electrons. The van der Waals surface area contributed by atoms with Gasteiger partial charge >= 0.3 is 0 Å². The van der Waals surface area contributed by atoms with E-state index in [0.717, 1.165) is 21.2 Å². The minimum atomic E-state index is 0.00823. The molecule has 3 heterocycles. The summed E-state index contributed by atoms with van der Waals surface area (Å²) in [5.41, 5.74) is 1.89. The van der Waals surface area contributed by atoms with E-state index < -0.39 is 0 Å². The summed E-state index contributed by atoms with van der Waals surface area (Å²) in [6, 6.07) is 0. The Morgan fingerprint density at radius 3 is 3.10 bits per heavy atom. The van der Waals surface area contributed by atoms with Gasteiger partial charge in [-0.3, -0.25) is 4.79 Å². The van der Waals surface area contributed by atoms with Crippen LogP contribution in [0.4, 0.5) is 5.13 Å². The summed E-state index contributed by atoms with van der Waals surface area (Å²) in [4.78, 5) is 17.8. The van der Waals surface area contributed by atoms with Crippen molar-refractivity contribution in [3.05, 3.63) is 5.69 Å². The number of thiazole rings is 1. The number of morpholine rings is 1. The molecule has 0 aromatic carbocycles. The largest absolute Gasteiger partial charge is 0.373 e. The van der Waals surface area contributed by atoms with Gasteiger partial charge in [-0.25, -0.2) is 9.67 Å². The van der Waals surface area contributed by atoms with Crippen LogP contribution < -0.4 is 5.32 Å². The molecule has 8 heteroatoms. The molecule has 1 atom stereocenters. The number of aryl methyl sites for hydroxylation is 2. The first-order valence-electron chi connectivity index (χ1n) is 6.95. The van der Waals surface area contributed by atoms with E-state index >= 15 is 0 Å². The second-order valence-corrected chi connectivity index (χ2v) is 6.22. The number of rotatable bonds is 3. The molecule has 2 aromatic heterocycles. The number of ether oxygens (including phenoxy) is 1. The Labute approximate surface area is 126 Å². The number of carbonyl (C=O) groups is 1. The Bertz CT molecular complexity index is 630. The lowest BCUT2D eigenvalue weighted by molar-refractivity contribution is -0.135. The number of carbonyl (C=O) groups excluding carboxylic acids is 1. The van der Waals surface area contributed by atoms with Gasteiger partial charge in [0.2, 0.25) is 5.91 Å². The molecule has 0 spiro atoms. The molecule has 0 radical (unpaired) electrons. The molecule has 1 saturated heterocycles. The van der Waals surface area contributed by atoms with Gasteiger partial charge in [0.05, 0.1) is 23.1 Å². The monoisotopic (exact) mass is 309 g/mol. The first-order chi connectivity index (χ1) is 10.0. The van der Waals surface area contributed by atoms with E-state index in [0.29, 0.717) is 26.2 Å². The average Bonchev–Trinajstić information content (AvgIpc) is 2.99. The fourth-order valence-corrected chi connectivity index (χ4v) is 3.43. The van der Waals surface area contributed by atoms with E-state index in [1.54, 1.807) is 22.9 Å². The Hall–Kier alpha value is -1.67.